The van der Waals surface area contributed by atoms with Crippen LogP contribution in [0.4, 0.5) is 62.6 Å². The van der Waals surface area contributed by atoms with Crippen LogP contribution in [0.15, 0.2) is 346 Å². The third-order valence-corrected chi connectivity index (χ3v) is 18.6. The van der Waals surface area contributed by atoms with Gasteiger partial charge in [-0.3, -0.25) is 0 Å². The molecule has 0 aromatic heterocycles. The molecule has 0 N–H and O–H groups in total. The minimum atomic E-state index is 0.549. The number of hydrogen-bond acceptors (Lipinski definition) is 5. The van der Waals surface area contributed by atoms with Crippen LogP contribution in [-0.4, -0.2) is 0 Å². The number of para-hydroxylation sites is 5. The van der Waals surface area contributed by atoms with Gasteiger partial charge >= 0.3 is 0 Å². The third-order valence-electron chi connectivity index (χ3n) is 18.6. The minimum Gasteiger partial charge on any atom is -0.311 e. The monoisotopic (exact) mass is 1310 g/mol. The molecule has 0 fully saturated rings. The van der Waals surface area contributed by atoms with Crippen molar-refractivity contribution in [3.05, 3.63) is 413 Å². The quantitative estimate of drug-likeness (QED) is 0.0581. The fourth-order valence-electron chi connectivity index (χ4n) is 13.7. The lowest BCUT2D eigenvalue weighted by Crippen LogP contribution is -2.10. The normalized spacial score (nSPS) is 11.1. The largest absolute Gasteiger partial charge is 0.311 e. The summed E-state index contributed by atoms with van der Waals surface area (Å²) in [5.74, 6) is 0. The number of nitriles is 2. The van der Waals surface area contributed by atoms with Gasteiger partial charge in [0.1, 0.15) is 12.1 Å². The molecule has 0 heterocycles. The van der Waals surface area contributed by atoms with Crippen LogP contribution in [0.3, 0.4) is 0 Å². The zero-order valence-corrected chi connectivity index (χ0v) is 56.0. The first kappa shape index (κ1) is 64.4. The van der Waals surface area contributed by atoms with Gasteiger partial charge in [-0.25, -0.2) is 9.69 Å². The number of hydrogen-bond donors (Lipinski definition) is 0. The molecule has 0 aliphatic rings. The smallest absolute Gasteiger partial charge is 0.203 e. The van der Waals surface area contributed by atoms with Crippen LogP contribution in [0.1, 0.15) is 44.5 Å². The predicted octanol–water partition coefficient (Wildman–Crippen LogP) is 26.9. The fourth-order valence-corrected chi connectivity index (χ4v) is 13.7. The van der Waals surface area contributed by atoms with Crippen LogP contribution >= 0.6 is 0 Å². The van der Waals surface area contributed by atoms with Crippen molar-refractivity contribution in [2.75, 3.05) is 14.7 Å². The lowest BCUT2D eigenvalue weighted by molar-refractivity contribution is 1.28. The summed E-state index contributed by atoms with van der Waals surface area (Å²) in [4.78, 5) is 14.7. The van der Waals surface area contributed by atoms with Crippen LogP contribution < -0.4 is 14.7 Å². The summed E-state index contributed by atoms with van der Waals surface area (Å²) >= 11 is 0. The zero-order valence-electron chi connectivity index (χ0n) is 56.0. The highest BCUT2D eigenvalue weighted by Gasteiger charge is 2.20. The van der Waals surface area contributed by atoms with Crippen LogP contribution in [0, 0.1) is 35.8 Å². The summed E-state index contributed by atoms with van der Waals surface area (Å²) < 4.78 is 0. The SMILES string of the molecule is [C-]#[N+]c1c2ccc(C=Cc3ccc(N(c4ccccc4)c4ccccc4)cc3)cc2c(C#N)c2ccc(C=Cc3ccc(N(c4ccccc4)c4ccccc4)cc3)cc12.[C-]#[N+]c1c2ccccc2c(C#N)c2cccc(C=Cc3ccc(N(c4ccccc4)c4cccc5ccccc45)cc3)c12. The summed E-state index contributed by atoms with van der Waals surface area (Å²) in [6, 6.07) is 123. The lowest BCUT2D eigenvalue weighted by atomic mass is 9.92. The topological polar surface area (TPSA) is 66.0 Å². The zero-order chi connectivity index (χ0) is 69.9. The lowest BCUT2D eigenvalue weighted by Gasteiger charge is -2.27. The molecule has 7 heteroatoms. The maximum atomic E-state index is 10.5. The highest BCUT2D eigenvalue weighted by atomic mass is 15.2. The van der Waals surface area contributed by atoms with Gasteiger partial charge in [-0.05, 0) is 191 Å². The van der Waals surface area contributed by atoms with Gasteiger partial charge in [0, 0.05) is 50.9 Å². The van der Waals surface area contributed by atoms with Gasteiger partial charge in [-0.15, -0.1) is 0 Å². The molecule has 0 unspecified atom stereocenters. The average Bonchev–Trinajstić information content (AvgIpc) is 0.753. The number of nitrogens with zero attached hydrogens (tertiary/aromatic N) is 7. The van der Waals surface area contributed by atoms with E-state index >= 15 is 0 Å². The Morgan fingerprint density at radius 3 is 1.07 bits per heavy atom. The molecule has 0 amide bonds. The van der Waals surface area contributed by atoms with Gasteiger partial charge in [-0.2, -0.15) is 10.5 Å². The van der Waals surface area contributed by atoms with Crippen molar-refractivity contribution < 1.29 is 0 Å². The molecule has 0 atom stereocenters. The van der Waals surface area contributed by atoms with Crippen molar-refractivity contribution in [2.24, 2.45) is 0 Å². The van der Waals surface area contributed by atoms with Gasteiger partial charge in [0.15, 0.2) is 0 Å². The molecule has 0 saturated heterocycles. The van der Waals surface area contributed by atoms with Gasteiger partial charge in [0.2, 0.25) is 11.4 Å². The Kier molecular flexibility index (Phi) is 18.5. The Morgan fingerprint density at radius 2 is 0.583 bits per heavy atom. The molecule has 7 nitrogen and oxygen atoms in total. The van der Waals surface area contributed by atoms with Crippen molar-refractivity contribution in [2.45, 2.75) is 0 Å². The molecule has 16 aromatic rings. The Labute approximate surface area is 599 Å². The molecular weight excluding hydrogens is 1250 g/mol. The molecule has 0 radical (unpaired) electrons. The van der Waals surface area contributed by atoms with E-state index in [-0.39, 0.29) is 0 Å². The van der Waals surface area contributed by atoms with Gasteiger partial charge in [-0.1, -0.05) is 273 Å². The predicted molar refractivity (Wildman–Crippen MR) is 433 cm³/mol. The molecule has 0 aliphatic carbocycles. The van der Waals surface area contributed by atoms with E-state index in [9.17, 15) is 10.5 Å². The third kappa shape index (κ3) is 13.4. The highest BCUT2D eigenvalue weighted by molar-refractivity contribution is 6.19. The van der Waals surface area contributed by atoms with Crippen LogP contribution in [0.5, 0.6) is 0 Å². The highest BCUT2D eigenvalue weighted by Crippen LogP contribution is 2.44. The van der Waals surface area contributed by atoms with Crippen molar-refractivity contribution >= 4 is 153 Å². The number of fused-ring (bicyclic) bond motifs is 5. The molecule has 16 aromatic carbocycles. The molecule has 0 bridgehead atoms. The Balaban J connectivity index is 0.000000175. The average molecular weight is 1310 g/mol. The number of rotatable bonds is 15. The standard InChI is InChI=1S/C56H38N4.C40H25N3/c1-58-56-52-37-31-43(24-22-41-26-32-49(33-27-41)59(45-14-6-2-7-15-45)46-16-8-3-9-17-46)38-53(52)55(40-57)51-36-30-44(39-54(51)56)25-23-42-28-34-50(35-29-42)60(47-18-10-4-11-19-47)48-20-12-5-13-21-48;1-42-40-36-18-8-7-17-34(36)37(27-41)35-19-9-13-30(39(35)40)24-21-28-22-25-32(26-23-28)43(31-14-3-2-4-15-31)38-20-10-12-29-11-5-6-16-33(29)38/h2-39H;2-26H. The first-order chi connectivity index (χ1) is 50.9. The van der Waals surface area contributed by atoms with Crippen LogP contribution in [0.25, 0.3) is 100 Å². The van der Waals surface area contributed by atoms with Crippen LogP contribution in [0.2, 0.25) is 0 Å². The summed E-state index contributed by atoms with van der Waals surface area (Å²) in [7, 11) is 0. The molecule has 0 spiro atoms. The van der Waals surface area contributed by atoms with Crippen LogP contribution in [-0.2, 0) is 0 Å². The molecular formula is C96H63N7. The van der Waals surface area contributed by atoms with Gasteiger partial charge in [0.25, 0.3) is 0 Å². The molecule has 482 valence electrons. The van der Waals surface area contributed by atoms with E-state index in [4.69, 9.17) is 13.1 Å². The first-order valence-electron chi connectivity index (χ1n) is 34.0. The van der Waals surface area contributed by atoms with Gasteiger partial charge in [0.05, 0.1) is 30.0 Å². The Bertz CT molecular complexity index is 5770. The summed E-state index contributed by atoms with van der Waals surface area (Å²) in [5, 5.41) is 29.3. The van der Waals surface area contributed by atoms with Crippen molar-refractivity contribution in [3.63, 3.8) is 0 Å². The second-order valence-corrected chi connectivity index (χ2v) is 24.8. The van der Waals surface area contributed by atoms with Crippen molar-refractivity contribution in [1.29, 1.82) is 10.5 Å². The molecule has 16 rings (SSSR count). The van der Waals surface area contributed by atoms with Crippen molar-refractivity contribution in [1.82, 2.24) is 0 Å². The maximum absolute atomic E-state index is 10.5. The molecule has 0 saturated carbocycles. The first-order valence-corrected chi connectivity index (χ1v) is 34.0. The van der Waals surface area contributed by atoms with E-state index in [2.05, 4.69) is 303 Å². The second-order valence-electron chi connectivity index (χ2n) is 24.8. The maximum Gasteiger partial charge on any atom is 0.203 e. The van der Waals surface area contributed by atoms with Crippen molar-refractivity contribution in [3.8, 4) is 12.1 Å². The summed E-state index contributed by atoms with van der Waals surface area (Å²) in [6.45, 7) is 16.2. The minimum absolute atomic E-state index is 0.549. The summed E-state index contributed by atoms with van der Waals surface area (Å²) in [5.41, 5.74) is 18.0. The van der Waals surface area contributed by atoms with E-state index in [0.717, 1.165) is 128 Å². The number of benzene rings is 16. The Morgan fingerprint density at radius 1 is 0.252 bits per heavy atom. The van der Waals surface area contributed by atoms with E-state index in [0.29, 0.717) is 22.5 Å². The fraction of sp³-hybridized carbons (Fsp3) is 0. The van der Waals surface area contributed by atoms with E-state index in [1.54, 1.807) is 0 Å². The van der Waals surface area contributed by atoms with E-state index < -0.39 is 0 Å². The van der Waals surface area contributed by atoms with E-state index in [1.165, 1.54) is 10.8 Å². The van der Waals surface area contributed by atoms with Gasteiger partial charge < -0.3 is 14.7 Å². The molecule has 103 heavy (non-hydrogen) atoms. The Hall–Kier alpha value is -14.6. The summed E-state index contributed by atoms with van der Waals surface area (Å²) in [6.07, 6.45) is 12.4. The van der Waals surface area contributed by atoms with E-state index in [1.807, 2.05) is 115 Å². The molecule has 0 aliphatic heterocycles. The second kappa shape index (κ2) is 29.6. The number of anilines is 9.